The molecule has 1 rings (SSSR count). The Kier molecular flexibility index (Phi) is 3.84. The number of hydrogen-bond donors (Lipinski definition) is 3. The second-order valence-corrected chi connectivity index (χ2v) is 3.36. The van der Waals surface area contributed by atoms with E-state index in [1.54, 1.807) is 6.92 Å². The van der Waals surface area contributed by atoms with Gasteiger partial charge in [-0.05, 0) is 13.3 Å². The Labute approximate surface area is 82.8 Å². The van der Waals surface area contributed by atoms with E-state index in [0.717, 1.165) is 13.0 Å². The summed E-state index contributed by atoms with van der Waals surface area (Å²) in [4.78, 5) is 24.2. The van der Waals surface area contributed by atoms with Crippen molar-refractivity contribution in [3.8, 4) is 0 Å². The third kappa shape index (κ3) is 2.68. The number of amides is 2. The van der Waals surface area contributed by atoms with Crippen LogP contribution in [0.3, 0.4) is 0 Å². The van der Waals surface area contributed by atoms with Crippen LogP contribution in [0.5, 0.6) is 0 Å². The summed E-state index contributed by atoms with van der Waals surface area (Å²) in [6.45, 7) is 3.40. The topological polar surface area (TPSA) is 87.5 Å². The van der Waals surface area contributed by atoms with Gasteiger partial charge in [-0.25, -0.2) is 5.84 Å². The van der Waals surface area contributed by atoms with E-state index >= 15 is 0 Å². The zero-order valence-electron chi connectivity index (χ0n) is 8.25. The van der Waals surface area contributed by atoms with E-state index in [0.29, 0.717) is 6.54 Å². The molecule has 1 saturated heterocycles. The van der Waals surface area contributed by atoms with Crippen molar-refractivity contribution < 1.29 is 9.59 Å². The Balaban J connectivity index is 2.56. The summed E-state index contributed by atoms with van der Waals surface area (Å²) >= 11 is 0. The molecule has 1 atom stereocenters. The predicted molar refractivity (Wildman–Crippen MR) is 51.0 cm³/mol. The molecule has 0 aromatic heterocycles. The van der Waals surface area contributed by atoms with Gasteiger partial charge in [-0.15, -0.1) is 0 Å². The highest BCUT2D eigenvalue weighted by Crippen LogP contribution is 2.02. The molecule has 1 heterocycles. The van der Waals surface area contributed by atoms with E-state index in [-0.39, 0.29) is 24.4 Å². The van der Waals surface area contributed by atoms with Gasteiger partial charge in [-0.1, -0.05) is 0 Å². The van der Waals surface area contributed by atoms with Crippen LogP contribution >= 0.6 is 0 Å². The van der Waals surface area contributed by atoms with Gasteiger partial charge in [0, 0.05) is 13.1 Å². The van der Waals surface area contributed by atoms with Gasteiger partial charge in [0.15, 0.2) is 0 Å². The fraction of sp³-hybridized carbons (Fsp3) is 0.750. The Morgan fingerprint density at radius 1 is 1.71 bits per heavy atom. The summed E-state index contributed by atoms with van der Waals surface area (Å²) < 4.78 is 0. The molecule has 0 saturated carbocycles. The largest absolute Gasteiger partial charge is 0.355 e. The fourth-order valence-corrected chi connectivity index (χ4v) is 1.45. The van der Waals surface area contributed by atoms with Crippen molar-refractivity contribution in [3.63, 3.8) is 0 Å². The molecular formula is C8H16N4O2. The van der Waals surface area contributed by atoms with Crippen LogP contribution in [0.4, 0.5) is 0 Å². The standard InChI is InChI=1S/C8H16N4O2/c1-6(8(14)11-9)12-4-2-3-10-7(13)5-12/h6H,2-5,9H2,1H3,(H,10,13)(H,11,14). The average molecular weight is 200 g/mol. The van der Waals surface area contributed by atoms with Crippen LogP contribution in [0.1, 0.15) is 13.3 Å². The van der Waals surface area contributed by atoms with Crippen LogP contribution in [0.15, 0.2) is 0 Å². The van der Waals surface area contributed by atoms with Gasteiger partial charge in [0.05, 0.1) is 12.6 Å². The van der Waals surface area contributed by atoms with Gasteiger partial charge in [-0.3, -0.25) is 19.9 Å². The number of rotatable bonds is 2. The van der Waals surface area contributed by atoms with Gasteiger partial charge in [0.25, 0.3) is 5.91 Å². The van der Waals surface area contributed by atoms with Gasteiger partial charge in [0.2, 0.25) is 5.91 Å². The lowest BCUT2D eigenvalue weighted by atomic mass is 10.2. The number of nitrogens with zero attached hydrogens (tertiary/aromatic N) is 1. The monoisotopic (exact) mass is 200 g/mol. The van der Waals surface area contributed by atoms with Gasteiger partial charge < -0.3 is 5.32 Å². The number of nitrogens with two attached hydrogens (primary N) is 1. The van der Waals surface area contributed by atoms with Gasteiger partial charge >= 0.3 is 0 Å². The Bertz CT molecular complexity index is 231. The SMILES string of the molecule is CC(C(=O)NN)N1CCCNC(=O)C1. The molecule has 1 aliphatic rings. The first kappa shape index (κ1) is 10.9. The summed E-state index contributed by atoms with van der Waals surface area (Å²) in [7, 11) is 0. The Hall–Kier alpha value is -1.14. The van der Waals surface area contributed by atoms with Crippen LogP contribution in [0.25, 0.3) is 0 Å². The zero-order chi connectivity index (χ0) is 10.6. The van der Waals surface area contributed by atoms with Crippen molar-refractivity contribution in [2.75, 3.05) is 19.6 Å². The van der Waals surface area contributed by atoms with E-state index in [9.17, 15) is 9.59 Å². The molecule has 1 unspecified atom stereocenters. The quantitative estimate of drug-likeness (QED) is 0.278. The van der Waals surface area contributed by atoms with Crippen LogP contribution in [0.2, 0.25) is 0 Å². The summed E-state index contributed by atoms with van der Waals surface area (Å²) in [5.41, 5.74) is 2.08. The third-order valence-electron chi connectivity index (χ3n) is 2.36. The maximum Gasteiger partial charge on any atom is 0.250 e. The van der Waals surface area contributed by atoms with E-state index in [4.69, 9.17) is 5.84 Å². The Morgan fingerprint density at radius 3 is 3.07 bits per heavy atom. The first-order valence-corrected chi connectivity index (χ1v) is 4.66. The molecule has 6 nitrogen and oxygen atoms in total. The molecule has 1 aliphatic heterocycles. The second-order valence-electron chi connectivity index (χ2n) is 3.36. The lowest BCUT2D eigenvalue weighted by molar-refractivity contribution is -0.127. The Morgan fingerprint density at radius 2 is 2.43 bits per heavy atom. The molecule has 2 amide bonds. The number of carbonyl (C=O) groups is 2. The maximum atomic E-state index is 11.2. The molecule has 0 aliphatic carbocycles. The molecule has 0 aromatic carbocycles. The lowest BCUT2D eigenvalue weighted by Crippen LogP contribution is -2.49. The van der Waals surface area contributed by atoms with Crippen LogP contribution in [-0.2, 0) is 9.59 Å². The minimum Gasteiger partial charge on any atom is -0.355 e. The summed E-state index contributed by atoms with van der Waals surface area (Å²) in [6.07, 6.45) is 0.855. The fourth-order valence-electron chi connectivity index (χ4n) is 1.45. The van der Waals surface area contributed by atoms with Crippen LogP contribution in [-0.4, -0.2) is 42.4 Å². The van der Waals surface area contributed by atoms with Crippen molar-refractivity contribution in [3.05, 3.63) is 0 Å². The number of hydrazine groups is 1. The zero-order valence-corrected chi connectivity index (χ0v) is 8.25. The van der Waals surface area contributed by atoms with Gasteiger partial charge in [-0.2, -0.15) is 0 Å². The van der Waals surface area contributed by atoms with Crippen LogP contribution in [0, 0.1) is 0 Å². The van der Waals surface area contributed by atoms with E-state index < -0.39 is 0 Å². The molecular weight excluding hydrogens is 184 g/mol. The summed E-state index contributed by atoms with van der Waals surface area (Å²) in [6, 6.07) is -0.358. The van der Waals surface area contributed by atoms with Gasteiger partial charge in [0.1, 0.15) is 0 Å². The molecule has 1 fully saturated rings. The molecule has 0 spiro atoms. The highest BCUT2D eigenvalue weighted by Gasteiger charge is 2.23. The first-order valence-electron chi connectivity index (χ1n) is 4.66. The third-order valence-corrected chi connectivity index (χ3v) is 2.36. The molecule has 6 heteroatoms. The van der Waals surface area contributed by atoms with E-state index in [1.165, 1.54) is 0 Å². The smallest absolute Gasteiger partial charge is 0.250 e. The van der Waals surface area contributed by atoms with Crippen molar-refractivity contribution in [2.45, 2.75) is 19.4 Å². The second kappa shape index (κ2) is 4.92. The van der Waals surface area contributed by atoms with Crippen molar-refractivity contribution in [1.82, 2.24) is 15.6 Å². The van der Waals surface area contributed by atoms with E-state index in [1.807, 2.05) is 4.90 Å². The molecule has 0 bridgehead atoms. The molecule has 80 valence electrons. The number of nitrogens with one attached hydrogen (secondary N) is 2. The minimum atomic E-state index is -0.358. The van der Waals surface area contributed by atoms with E-state index in [2.05, 4.69) is 10.7 Å². The highest BCUT2D eigenvalue weighted by atomic mass is 16.2. The molecule has 14 heavy (non-hydrogen) atoms. The number of hydrogen-bond acceptors (Lipinski definition) is 4. The number of carbonyl (C=O) groups excluding carboxylic acids is 2. The summed E-state index contributed by atoms with van der Waals surface area (Å²) in [5.74, 6) is 4.72. The lowest BCUT2D eigenvalue weighted by Gasteiger charge is -2.24. The predicted octanol–water partition coefficient (Wildman–Crippen LogP) is -1.81. The maximum absolute atomic E-state index is 11.2. The molecule has 0 aromatic rings. The van der Waals surface area contributed by atoms with Crippen molar-refractivity contribution in [2.24, 2.45) is 5.84 Å². The van der Waals surface area contributed by atoms with Crippen LogP contribution < -0.4 is 16.6 Å². The first-order chi connectivity index (χ1) is 6.65. The van der Waals surface area contributed by atoms with Crippen molar-refractivity contribution >= 4 is 11.8 Å². The normalized spacial score (nSPS) is 20.9. The molecule has 0 radical (unpaired) electrons. The highest BCUT2D eigenvalue weighted by molar-refractivity contribution is 5.83. The average Bonchev–Trinajstić information content (AvgIpc) is 2.40. The summed E-state index contributed by atoms with van der Waals surface area (Å²) in [5, 5.41) is 2.74. The molecule has 4 N–H and O–H groups in total. The minimum absolute atomic E-state index is 0.0424. The van der Waals surface area contributed by atoms with Crippen molar-refractivity contribution in [1.29, 1.82) is 0 Å².